The molecule has 0 heterocycles. The lowest BCUT2D eigenvalue weighted by atomic mass is 9.43. The molecule has 66 heavy (non-hydrogen) atoms. The molecule has 13 unspecified atom stereocenters. The van der Waals surface area contributed by atoms with E-state index in [0.29, 0.717) is 40.4 Å². The van der Waals surface area contributed by atoms with Gasteiger partial charge in [0, 0.05) is 11.1 Å². The Hall–Kier alpha value is -3.48. The Balaban J connectivity index is 0.988. The number of hydrogen-bond acceptors (Lipinski definition) is 7. The van der Waals surface area contributed by atoms with Gasteiger partial charge >= 0.3 is 17.9 Å². The Morgan fingerprint density at radius 2 is 1.06 bits per heavy atom. The Bertz CT molecular complexity index is 1970. The Morgan fingerprint density at radius 3 is 1.55 bits per heavy atom. The van der Waals surface area contributed by atoms with Crippen molar-refractivity contribution in [2.75, 3.05) is 13.2 Å². The van der Waals surface area contributed by atoms with Gasteiger partial charge in [0.15, 0.2) is 11.9 Å². The van der Waals surface area contributed by atoms with Crippen LogP contribution in [0, 0.1) is 80.8 Å². The minimum atomic E-state index is -0.983. The molecule has 13 atom stereocenters. The van der Waals surface area contributed by atoms with Gasteiger partial charge in [-0.15, -0.1) is 0 Å². The van der Waals surface area contributed by atoms with Gasteiger partial charge in [-0.3, -0.25) is 19.2 Å². The zero-order valence-corrected chi connectivity index (χ0v) is 42.2. The van der Waals surface area contributed by atoms with Crippen molar-refractivity contribution in [3.8, 4) is 0 Å². The lowest BCUT2D eigenvalue weighted by molar-refractivity contribution is -0.191. The molecule has 0 radical (unpaired) electrons. The van der Waals surface area contributed by atoms with Crippen LogP contribution in [0.2, 0.25) is 0 Å². The predicted molar refractivity (Wildman–Crippen MR) is 260 cm³/mol. The molecule has 0 bridgehead atoms. The van der Waals surface area contributed by atoms with E-state index in [9.17, 15) is 19.2 Å². The van der Waals surface area contributed by atoms with E-state index in [1.54, 1.807) is 37.3 Å². The summed E-state index contributed by atoms with van der Waals surface area (Å²) in [6, 6.07) is 16.3. The topological polar surface area (TPSA) is 96.0 Å². The number of rotatable bonds is 13. The van der Waals surface area contributed by atoms with Gasteiger partial charge in [0.25, 0.3) is 0 Å². The maximum absolute atomic E-state index is 14.7. The largest absolute Gasteiger partial charge is 0.461 e. The van der Waals surface area contributed by atoms with Gasteiger partial charge < -0.3 is 14.2 Å². The Morgan fingerprint density at radius 1 is 0.576 bits per heavy atom. The highest BCUT2D eigenvalue weighted by Crippen LogP contribution is 2.66. The molecule has 6 aliphatic rings. The Kier molecular flexibility index (Phi) is 14.5. The number of carbonyl (C=O) groups is 4. The minimum absolute atomic E-state index is 0.0843. The van der Waals surface area contributed by atoms with Crippen molar-refractivity contribution in [3.63, 3.8) is 0 Å². The second kappa shape index (κ2) is 19.5. The van der Waals surface area contributed by atoms with Gasteiger partial charge in [-0.2, -0.15) is 0 Å². The molecule has 2 aromatic rings. The number of fused-ring (bicyclic) bond motifs is 6. The van der Waals surface area contributed by atoms with Crippen molar-refractivity contribution < 1.29 is 33.4 Å². The number of ketones is 1. The fourth-order valence-electron chi connectivity index (χ4n) is 16.3. The molecule has 0 spiro atoms. The van der Waals surface area contributed by atoms with Crippen LogP contribution in [0.15, 0.2) is 54.6 Å². The van der Waals surface area contributed by atoms with Gasteiger partial charge in [0.1, 0.15) is 13.2 Å². The number of hydrogen-bond donors (Lipinski definition) is 0. The normalized spacial score (nSPS) is 37.3. The molecule has 0 N–H and O–H groups in total. The molecule has 6 saturated carbocycles. The summed E-state index contributed by atoms with van der Waals surface area (Å²) in [7, 11) is 0. The molecule has 2 aromatic carbocycles. The molecule has 0 saturated heterocycles. The van der Waals surface area contributed by atoms with E-state index in [4.69, 9.17) is 14.2 Å². The average molecular weight is 905 g/mol. The van der Waals surface area contributed by atoms with Crippen LogP contribution in [-0.4, -0.2) is 43.0 Å². The number of carbonyl (C=O) groups excluding carboxylic acids is 4. The van der Waals surface area contributed by atoms with E-state index in [1.807, 2.05) is 24.3 Å². The van der Waals surface area contributed by atoms with E-state index in [-0.39, 0.29) is 53.6 Å². The van der Waals surface area contributed by atoms with Gasteiger partial charge in [0.05, 0.1) is 16.7 Å². The highest BCUT2D eigenvalue weighted by atomic mass is 16.6. The molecule has 362 valence electrons. The van der Waals surface area contributed by atoms with Crippen LogP contribution in [-0.2, 0) is 28.6 Å². The average Bonchev–Trinajstić information content (AvgIpc) is 3.31. The van der Waals surface area contributed by atoms with Crippen molar-refractivity contribution in [2.24, 2.45) is 80.8 Å². The molecule has 6 fully saturated rings. The van der Waals surface area contributed by atoms with Gasteiger partial charge in [-0.25, -0.2) is 0 Å². The van der Waals surface area contributed by atoms with Crippen LogP contribution in [0.3, 0.4) is 0 Å². The van der Waals surface area contributed by atoms with Crippen LogP contribution >= 0.6 is 0 Å². The van der Waals surface area contributed by atoms with E-state index in [0.717, 1.165) is 75.0 Å². The van der Waals surface area contributed by atoms with Crippen molar-refractivity contribution in [3.05, 3.63) is 71.3 Å². The SMILES string of the molecule is CC(C(=O)OC(COC(=O)C1(C)CCCC2(C)C3CCC(C(C)C)CC3CCC12)COC(=O)C1(C)CCCC2(C)C3CCC(C(C)C)CC3CCC12)c1cccc(C(=O)c2ccccc2)c1. The van der Waals surface area contributed by atoms with Crippen LogP contribution in [0.4, 0.5) is 0 Å². The summed E-state index contributed by atoms with van der Waals surface area (Å²) in [5, 5.41) is 0. The van der Waals surface area contributed by atoms with E-state index in [1.165, 1.54) is 51.4 Å². The van der Waals surface area contributed by atoms with Crippen LogP contribution in [0.5, 0.6) is 0 Å². The fraction of sp³-hybridized carbons (Fsp3) is 0.729. The minimum Gasteiger partial charge on any atom is -0.461 e. The first-order valence-electron chi connectivity index (χ1n) is 26.6. The third kappa shape index (κ3) is 9.22. The summed E-state index contributed by atoms with van der Waals surface area (Å²) in [6.07, 6.45) is 16.9. The summed E-state index contributed by atoms with van der Waals surface area (Å²) in [4.78, 5) is 57.0. The van der Waals surface area contributed by atoms with Crippen molar-refractivity contribution >= 4 is 23.7 Å². The second-order valence-corrected chi connectivity index (χ2v) is 24.5. The summed E-state index contributed by atoms with van der Waals surface area (Å²) < 4.78 is 19.0. The van der Waals surface area contributed by atoms with E-state index in [2.05, 4.69) is 55.4 Å². The highest BCUT2D eigenvalue weighted by Gasteiger charge is 2.61. The molecule has 0 amide bonds. The molecule has 7 heteroatoms. The smallest absolute Gasteiger partial charge is 0.313 e. The van der Waals surface area contributed by atoms with E-state index < -0.39 is 28.8 Å². The molecule has 0 aliphatic heterocycles. The van der Waals surface area contributed by atoms with Crippen LogP contribution in [0.25, 0.3) is 0 Å². The first-order valence-corrected chi connectivity index (χ1v) is 26.6. The van der Waals surface area contributed by atoms with Gasteiger partial charge in [-0.05, 0) is 192 Å². The summed E-state index contributed by atoms with van der Waals surface area (Å²) in [6.45, 7) is 20.1. The zero-order valence-electron chi connectivity index (χ0n) is 42.2. The maximum Gasteiger partial charge on any atom is 0.313 e. The molecule has 8 rings (SSSR count). The quantitative estimate of drug-likeness (QED) is 0.112. The molecular formula is C59H84O7. The predicted octanol–water partition coefficient (Wildman–Crippen LogP) is 13.6. The third-order valence-corrected chi connectivity index (χ3v) is 20.3. The third-order valence-electron chi connectivity index (χ3n) is 20.3. The lowest BCUT2D eigenvalue weighted by Gasteiger charge is -2.61. The van der Waals surface area contributed by atoms with Gasteiger partial charge in [-0.1, -0.05) is 103 Å². The first kappa shape index (κ1) is 49.0. The van der Waals surface area contributed by atoms with E-state index >= 15 is 0 Å². The lowest BCUT2D eigenvalue weighted by Crippen LogP contribution is -2.56. The highest BCUT2D eigenvalue weighted by molar-refractivity contribution is 6.09. The number of esters is 3. The van der Waals surface area contributed by atoms with Gasteiger partial charge in [0.2, 0.25) is 0 Å². The summed E-state index contributed by atoms with van der Waals surface area (Å²) in [5.74, 6) is 4.34. The molecule has 0 aromatic heterocycles. The number of benzene rings is 2. The number of ether oxygens (including phenoxy) is 3. The van der Waals surface area contributed by atoms with Crippen molar-refractivity contribution in [2.45, 2.75) is 177 Å². The fourth-order valence-corrected chi connectivity index (χ4v) is 16.3. The van der Waals surface area contributed by atoms with Crippen LogP contribution in [0.1, 0.15) is 192 Å². The summed E-state index contributed by atoms with van der Waals surface area (Å²) >= 11 is 0. The summed E-state index contributed by atoms with van der Waals surface area (Å²) in [5.41, 5.74) is 0.581. The van der Waals surface area contributed by atoms with Crippen molar-refractivity contribution in [1.82, 2.24) is 0 Å². The molecular weight excluding hydrogens is 821 g/mol. The first-order chi connectivity index (χ1) is 31.4. The maximum atomic E-state index is 14.7. The zero-order chi connectivity index (χ0) is 47.2. The van der Waals surface area contributed by atoms with Crippen LogP contribution < -0.4 is 0 Å². The second-order valence-electron chi connectivity index (χ2n) is 24.5. The molecule has 7 nitrogen and oxygen atoms in total. The van der Waals surface area contributed by atoms with Crippen molar-refractivity contribution in [1.29, 1.82) is 0 Å². The Labute approximate surface area is 398 Å². The standard InChI is InChI=1S/C59H84O7/c1-37(2)41-20-24-48-44(32-41)22-26-50-56(48,6)28-14-30-58(50,8)54(62)64-35-47(66-53(61)39(5)43-18-13-19-46(34-43)52(60)40-16-11-10-12-17-40)36-65-55(63)59(9)31-15-29-57(7)49-25-21-42(38(3)4)33-45(49)23-27-51(57)59/h10-13,16-19,34,37-39,41-42,44-45,47-51H,14-15,20-33,35-36H2,1-9H3. The monoisotopic (exact) mass is 905 g/mol. The molecule has 6 aliphatic carbocycles.